The van der Waals surface area contributed by atoms with E-state index in [4.69, 9.17) is 20.1 Å². The monoisotopic (exact) mass is 148 g/mol. The lowest BCUT2D eigenvalue weighted by atomic mass is 10.4. The van der Waals surface area contributed by atoms with Crippen LogP contribution in [0.1, 0.15) is 6.92 Å². The molecule has 0 heterocycles. The first-order valence-electron chi connectivity index (χ1n) is 2.62. The van der Waals surface area contributed by atoms with Crippen molar-refractivity contribution in [2.24, 2.45) is 0 Å². The molecule has 3 N–H and O–H groups in total. The molecule has 0 saturated heterocycles. The second-order valence-corrected chi connectivity index (χ2v) is 1.59. The lowest BCUT2D eigenvalue weighted by Crippen LogP contribution is -1.91. The van der Waals surface area contributed by atoms with E-state index in [2.05, 4.69) is 6.58 Å². The van der Waals surface area contributed by atoms with Crippen LogP contribution in [0.2, 0.25) is 0 Å². The molecule has 4 heteroatoms. The van der Waals surface area contributed by atoms with Gasteiger partial charge in [0.15, 0.2) is 0 Å². The Morgan fingerprint density at radius 2 is 1.60 bits per heavy atom. The van der Waals surface area contributed by atoms with E-state index in [0.717, 1.165) is 6.92 Å². The fourth-order valence-corrected chi connectivity index (χ4v) is 0.0500. The minimum atomic E-state index is -0.833. The first-order chi connectivity index (χ1) is 4.54. The van der Waals surface area contributed by atoms with Crippen molar-refractivity contribution in [1.82, 2.24) is 0 Å². The largest absolute Gasteiger partial charge is 0.481 e. The van der Waals surface area contributed by atoms with Crippen molar-refractivity contribution in [2.45, 2.75) is 6.92 Å². The number of hydrogen-bond acceptors (Lipinski definition) is 3. The van der Waals surface area contributed by atoms with Gasteiger partial charge in [-0.05, 0) is 5.57 Å². The normalized spacial score (nSPS) is 7.50. The average Bonchev–Trinajstić information content (AvgIpc) is 1.85. The Morgan fingerprint density at radius 1 is 1.40 bits per heavy atom. The zero-order valence-electron chi connectivity index (χ0n) is 5.87. The summed E-state index contributed by atoms with van der Waals surface area (Å²) in [5.41, 5.74) is 0.454. The molecule has 0 amide bonds. The quantitative estimate of drug-likeness (QED) is 0.466. The van der Waals surface area contributed by atoms with E-state index in [1.807, 2.05) is 0 Å². The third kappa shape index (κ3) is 27.3. The summed E-state index contributed by atoms with van der Waals surface area (Å²) in [6.45, 7) is 4.15. The molecule has 0 aliphatic carbocycles. The number of aliphatic hydroxyl groups is 2. The summed E-state index contributed by atoms with van der Waals surface area (Å²) in [5.74, 6) is -0.833. The Kier molecular flexibility index (Phi) is 9.65. The van der Waals surface area contributed by atoms with Gasteiger partial charge >= 0.3 is 0 Å². The van der Waals surface area contributed by atoms with Gasteiger partial charge in [-0.15, -0.1) is 0 Å². The molecule has 0 spiro atoms. The van der Waals surface area contributed by atoms with E-state index in [1.165, 1.54) is 0 Å². The SMILES string of the molecule is C=C(CO)CO.CC(=O)O. The topological polar surface area (TPSA) is 77.8 Å². The highest BCUT2D eigenvalue weighted by Gasteiger charge is 1.80. The number of aliphatic hydroxyl groups excluding tert-OH is 2. The van der Waals surface area contributed by atoms with Gasteiger partial charge in [0.25, 0.3) is 5.97 Å². The maximum atomic E-state index is 9.00. The highest BCUT2D eigenvalue weighted by molar-refractivity contribution is 5.62. The number of rotatable bonds is 2. The zero-order valence-corrected chi connectivity index (χ0v) is 5.87. The van der Waals surface area contributed by atoms with E-state index < -0.39 is 5.97 Å². The lowest BCUT2D eigenvalue weighted by Gasteiger charge is -1.88. The van der Waals surface area contributed by atoms with E-state index in [1.54, 1.807) is 0 Å². The fourth-order valence-electron chi connectivity index (χ4n) is 0.0500. The van der Waals surface area contributed by atoms with Gasteiger partial charge < -0.3 is 15.3 Å². The standard InChI is InChI=1S/C4H8O2.C2H4O2/c1-4(2-5)3-6;1-2(3)4/h5-6H,1-3H2;1H3,(H,3,4). The number of carbonyl (C=O) groups is 1. The molecule has 0 atom stereocenters. The van der Waals surface area contributed by atoms with Crippen LogP contribution in [-0.4, -0.2) is 34.5 Å². The summed E-state index contributed by atoms with van der Waals surface area (Å²) in [6, 6.07) is 0. The van der Waals surface area contributed by atoms with Crippen LogP contribution in [0.4, 0.5) is 0 Å². The summed E-state index contributed by atoms with van der Waals surface area (Å²) >= 11 is 0. The van der Waals surface area contributed by atoms with Crippen molar-refractivity contribution in [1.29, 1.82) is 0 Å². The van der Waals surface area contributed by atoms with Crippen molar-refractivity contribution in [3.05, 3.63) is 12.2 Å². The summed E-state index contributed by atoms with van der Waals surface area (Å²) in [5, 5.41) is 23.6. The molecule has 0 aliphatic rings. The Morgan fingerprint density at radius 3 is 1.60 bits per heavy atom. The Balaban J connectivity index is 0. The molecule has 4 nitrogen and oxygen atoms in total. The van der Waals surface area contributed by atoms with Crippen LogP contribution in [-0.2, 0) is 4.79 Å². The second kappa shape index (κ2) is 8.13. The molecule has 0 radical (unpaired) electrons. The van der Waals surface area contributed by atoms with Crippen LogP contribution < -0.4 is 0 Å². The van der Waals surface area contributed by atoms with Gasteiger partial charge in [0.2, 0.25) is 0 Å². The fraction of sp³-hybridized carbons (Fsp3) is 0.500. The Labute approximate surface area is 59.4 Å². The number of aliphatic carboxylic acids is 1. The van der Waals surface area contributed by atoms with Crippen molar-refractivity contribution < 1.29 is 20.1 Å². The molecule has 0 aromatic rings. The van der Waals surface area contributed by atoms with Crippen LogP contribution in [0.3, 0.4) is 0 Å². The van der Waals surface area contributed by atoms with Gasteiger partial charge in [-0.25, -0.2) is 0 Å². The molecule has 60 valence electrons. The average molecular weight is 148 g/mol. The maximum Gasteiger partial charge on any atom is 0.300 e. The van der Waals surface area contributed by atoms with Crippen molar-refractivity contribution in [3.8, 4) is 0 Å². The molecular weight excluding hydrogens is 136 g/mol. The Bertz CT molecular complexity index is 98.3. The van der Waals surface area contributed by atoms with Crippen LogP contribution in [0.15, 0.2) is 12.2 Å². The predicted molar refractivity (Wildman–Crippen MR) is 36.6 cm³/mol. The smallest absolute Gasteiger partial charge is 0.300 e. The molecule has 0 aromatic heterocycles. The van der Waals surface area contributed by atoms with Gasteiger partial charge in [-0.1, -0.05) is 6.58 Å². The minimum Gasteiger partial charge on any atom is -0.481 e. The molecule has 0 fully saturated rings. The molecule has 0 aromatic carbocycles. The minimum absolute atomic E-state index is 0.115. The second-order valence-electron chi connectivity index (χ2n) is 1.59. The van der Waals surface area contributed by atoms with Crippen LogP contribution in [0, 0.1) is 0 Å². The summed E-state index contributed by atoms with van der Waals surface area (Å²) < 4.78 is 0. The molecule has 10 heavy (non-hydrogen) atoms. The van der Waals surface area contributed by atoms with Gasteiger partial charge in [0.1, 0.15) is 0 Å². The van der Waals surface area contributed by atoms with Crippen LogP contribution in [0.25, 0.3) is 0 Å². The highest BCUT2D eigenvalue weighted by atomic mass is 16.4. The number of hydrogen-bond donors (Lipinski definition) is 3. The zero-order chi connectivity index (χ0) is 8.57. The predicted octanol–water partition coefficient (Wildman–Crippen LogP) is -0.382. The summed E-state index contributed by atoms with van der Waals surface area (Å²) in [4.78, 5) is 9.00. The van der Waals surface area contributed by atoms with Crippen molar-refractivity contribution in [3.63, 3.8) is 0 Å². The number of carboxylic acid groups (broad SMARTS) is 1. The lowest BCUT2D eigenvalue weighted by molar-refractivity contribution is -0.134. The maximum absolute atomic E-state index is 9.00. The first-order valence-corrected chi connectivity index (χ1v) is 2.62. The van der Waals surface area contributed by atoms with Crippen molar-refractivity contribution >= 4 is 5.97 Å². The molecule has 0 bridgehead atoms. The first kappa shape index (κ1) is 11.9. The van der Waals surface area contributed by atoms with E-state index >= 15 is 0 Å². The van der Waals surface area contributed by atoms with Crippen LogP contribution >= 0.6 is 0 Å². The third-order valence-electron chi connectivity index (χ3n) is 0.447. The molecule has 0 saturated carbocycles. The van der Waals surface area contributed by atoms with Crippen molar-refractivity contribution in [2.75, 3.05) is 13.2 Å². The summed E-state index contributed by atoms with van der Waals surface area (Å²) in [6.07, 6.45) is 0. The van der Waals surface area contributed by atoms with Crippen LogP contribution in [0.5, 0.6) is 0 Å². The molecule has 0 aliphatic heterocycles. The summed E-state index contributed by atoms with van der Waals surface area (Å²) in [7, 11) is 0. The van der Waals surface area contributed by atoms with Gasteiger partial charge in [-0.2, -0.15) is 0 Å². The van der Waals surface area contributed by atoms with Gasteiger partial charge in [0.05, 0.1) is 13.2 Å². The Hall–Kier alpha value is -0.870. The third-order valence-corrected chi connectivity index (χ3v) is 0.447. The molecular formula is C6H12O4. The van der Waals surface area contributed by atoms with E-state index in [9.17, 15) is 0 Å². The van der Waals surface area contributed by atoms with E-state index in [-0.39, 0.29) is 13.2 Å². The molecule has 0 rings (SSSR count). The van der Waals surface area contributed by atoms with Gasteiger partial charge in [-0.3, -0.25) is 4.79 Å². The van der Waals surface area contributed by atoms with E-state index in [0.29, 0.717) is 5.57 Å². The molecule has 0 unspecified atom stereocenters. The highest BCUT2D eigenvalue weighted by Crippen LogP contribution is 1.79. The number of carboxylic acids is 1. The van der Waals surface area contributed by atoms with Gasteiger partial charge in [0, 0.05) is 6.92 Å².